The van der Waals surface area contributed by atoms with Gasteiger partial charge in [-0.1, -0.05) is 30.2 Å². The van der Waals surface area contributed by atoms with Gasteiger partial charge in [0.15, 0.2) is 0 Å². The first-order chi connectivity index (χ1) is 8.85. The van der Waals surface area contributed by atoms with E-state index in [2.05, 4.69) is 44.6 Å². The molecule has 0 fully saturated rings. The molecule has 0 bridgehead atoms. The quantitative estimate of drug-likeness (QED) is 0.285. The number of methoxy groups -OCH3 is 1. The molecule has 19 heavy (non-hydrogen) atoms. The minimum Gasteiger partial charge on any atom is -0.466 e. The van der Waals surface area contributed by atoms with Gasteiger partial charge in [0.1, 0.15) is 0 Å². The van der Waals surface area contributed by atoms with Gasteiger partial charge in [0.25, 0.3) is 0 Å². The zero-order chi connectivity index (χ0) is 14.8. The smallest absolute Gasteiger partial charge is 0.330 e. The van der Waals surface area contributed by atoms with Crippen molar-refractivity contribution >= 4 is 5.97 Å². The summed E-state index contributed by atoms with van der Waals surface area (Å²) in [6, 6.07) is 0. The Morgan fingerprint density at radius 1 is 1.16 bits per heavy atom. The van der Waals surface area contributed by atoms with Crippen molar-refractivity contribution in [3.05, 3.63) is 34.9 Å². The zero-order valence-electron chi connectivity index (χ0n) is 13.2. The molecule has 0 heterocycles. The number of esters is 1. The van der Waals surface area contributed by atoms with E-state index < -0.39 is 0 Å². The normalized spacial score (nSPS) is 14.0. The molecular weight excluding hydrogens is 236 g/mol. The molecule has 0 N–H and O–H groups in total. The van der Waals surface area contributed by atoms with Gasteiger partial charge in [0, 0.05) is 6.08 Å². The lowest BCUT2D eigenvalue weighted by Crippen LogP contribution is -1.97. The molecule has 108 valence electrons. The van der Waals surface area contributed by atoms with Crippen LogP contribution < -0.4 is 0 Å². The summed E-state index contributed by atoms with van der Waals surface area (Å²) >= 11 is 0. The van der Waals surface area contributed by atoms with Crippen molar-refractivity contribution in [3.8, 4) is 0 Å². The van der Waals surface area contributed by atoms with Gasteiger partial charge in [-0.25, -0.2) is 4.79 Å². The van der Waals surface area contributed by atoms with Gasteiger partial charge in [0.2, 0.25) is 0 Å². The fourth-order valence-corrected chi connectivity index (χ4v) is 2.04. The highest BCUT2D eigenvalue weighted by atomic mass is 16.5. The largest absolute Gasteiger partial charge is 0.466 e. The molecule has 0 aliphatic rings. The van der Waals surface area contributed by atoms with Gasteiger partial charge in [-0.05, 0) is 58.4 Å². The summed E-state index contributed by atoms with van der Waals surface area (Å²) in [6.07, 6.45) is 9.30. The van der Waals surface area contributed by atoms with Crippen molar-refractivity contribution in [2.24, 2.45) is 5.92 Å². The zero-order valence-corrected chi connectivity index (χ0v) is 13.2. The fraction of sp³-hybridized carbons (Fsp3) is 0.588. The number of hydrogen-bond acceptors (Lipinski definition) is 2. The van der Waals surface area contributed by atoms with E-state index in [1.165, 1.54) is 30.8 Å². The third-order valence-electron chi connectivity index (χ3n) is 2.90. The van der Waals surface area contributed by atoms with Crippen LogP contribution in [0, 0.1) is 5.92 Å². The molecule has 1 atom stereocenters. The first-order valence-electron chi connectivity index (χ1n) is 6.92. The summed E-state index contributed by atoms with van der Waals surface area (Å²) in [5, 5.41) is 0. The Kier molecular flexibility index (Phi) is 8.94. The monoisotopic (exact) mass is 264 g/mol. The average molecular weight is 264 g/mol. The van der Waals surface area contributed by atoms with Crippen molar-refractivity contribution < 1.29 is 9.53 Å². The highest BCUT2D eigenvalue weighted by molar-refractivity contribution is 5.83. The predicted octanol–water partition coefficient (Wildman–Crippen LogP) is 4.82. The summed E-state index contributed by atoms with van der Waals surface area (Å²) in [5.74, 6) is 0.371. The highest BCUT2D eigenvalue weighted by Gasteiger charge is 2.03. The fourth-order valence-electron chi connectivity index (χ4n) is 2.04. The second-order valence-electron chi connectivity index (χ2n) is 5.57. The molecule has 0 saturated carbocycles. The predicted molar refractivity (Wildman–Crippen MR) is 82.0 cm³/mol. The Bertz CT molecular complexity index is 369. The maximum Gasteiger partial charge on any atom is 0.330 e. The Balaban J connectivity index is 4.28. The standard InChI is InChI=1S/C17H28O2/c1-13(2)8-7-9-14(3)10-15(4)11-16(5)12-17(18)19-6/h8,11-12,14H,7,9-10H2,1-6H3. The molecule has 0 aromatic heterocycles. The molecule has 0 aromatic carbocycles. The third kappa shape index (κ3) is 10.3. The van der Waals surface area contributed by atoms with Gasteiger partial charge < -0.3 is 4.74 Å². The van der Waals surface area contributed by atoms with Crippen LogP contribution in [0.2, 0.25) is 0 Å². The van der Waals surface area contributed by atoms with Crippen LogP contribution in [0.3, 0.4) is 0 Å². The van der Waals surface area contributed by atoms with Gasteiger partial charge in [-0.2, -0.15) is 0 Å². The molecular formula is C17H28O2. The van der Waals surface area contributed by atoms with E-state index in [0.29, 0.717) is 5.92 Å². The maximum absolute atomic E-state index is 11.1. The molecule has 2 nitrogen and oxygen atoms in total. The summed E-state index contributed by atoms with van der Waals surface area (Å²) in [5.41, 5.74) is 3.64. The minimum absolute atomic E-state index is 0.293. The summed E-state index contributed by atoms with van der Waals surface area (Å²) < 4.78 is 4.61. The van der Waals surface area contributed by atoms with Gasteiger partial charge in [-0.15, -0.1) is 0 Å². The van der Waals surface area contributed by atoms with E-state index in [0.717, 1.165) is 18.4 Å². The molecule has 0 radical (unpaired) electrons. The van der Waals surface area contributed by atoms with Crippen LogP contribution in [0.4, 0.5) is 0 Å². The Morgan fingerprint density at radius 2 is 1.79 bits per heavy atom. The lowest BCUT2D eigenvalue weighted by Gasteiger charge is -2.10. The first kappa shape index (κ1) is 17.7. The van der Waals surface area contributed by atoms with Crippen molar-refractivity contribution in [2.75, 3.05) is 7.11 Å². The van der Waals surface area contributed by atoms with E-state index >= 15 is 0 Å². The number of rotatable bonds is 7. The van der Waals surface area contributed by atoms with Crippen LogP contribution in [-0.2, 0) is 9.53 Å². The number of allylic oxidation sites excluding steroid dienone is 5. The molecule has 0 spiro atoms. The number of carbonyl (C=O) groups is 1. The van der Waals surface area contributed by atoms with Gasteiger partial charge in [0.05, 0.1) is 7.11 Å². The second-order valence-corrected chi connectivity index (χ2v) is 5.57. The summed E-state index contributed by atoms with van der Waals surface area (Å²) in [6.45, 7) is 10.6. The molecule has 0 amide bonds. The van der Waals surface area contributed by atoms with Crippen molar-refractivity contribution in [2.45, 2.75) is 53.9 Å². The SMILES string of the molecule is COC(=O)C=C(C)C=C(C)CC(C)CCC=C(C)C. The van der Waals surface area contributed by atoms with E-state index in [9.17, 15) is 4.79 Å². The van der Waals surface area contributed by atoms with Crippen LogP contribution in [0.25, 0.3) is 0 Å². The lowest BCUT2D eigenvalue weighted by molar-refractivity contribution is -0.134. The molecule has 2 heteroatoms. The Labute approximate surface area is 118 Å². The summed E-state index contributed by atoms with van der Waals surface area (Å²) in [7, 11) is 1.40. The van der Waals surface area contributed by atoms with Crippen molar-refractivity contribution in [1.29, 1.82) is 0 Å². The van der Waals surface area contributed by atoms with Crippen molar-refractivity contribution in [1.82, 2.24) is 0 Å². The molecule has 0 aliphatic heterocycles. The van der Waals surface area contributed by atoms with Crippen LogP contribution >= 0.6 is 0 Å². The van der Waals surface area contributed by atoms with Crippen molar-refractivity contribution in [3.63, 3.8) is 0 Å². The molecule has 0 rings (SSSR count). The van der Waals surface area contributed by atoms with E-state index in [-0.39, 0.29) is 5.97 Å². The second kappa shape index (κ2) is 9.60. The van der Waals surface area contributed by atoms with Crippen LogP contribution in [0.15, 0.2) is 34.9 Å². The Hall–Kier alpha value is -1.31. The van der Waals surface area contributed by atoms with E-state index in [1.807, 2.05) is 6.92 Å². The number of carbonyl (C=O) groups excluding carboxylic acids is 1. The van der Waals surface area contributed by atoms with Crippen LogP contribution in [0.1, 0.15) is 53.9 Å². The average Bonchev–Trinajstić information content (AvgIpc) is 2.27. The van der Waals surface area contributed by atoms with E-state index in [1.54, 1.807) is 0 Å². The maximum atomic E-state index is 11.1. The molecule has 0 aromatic rings. The number of hydrogen-bond donors (Lipinski definition) is 0. The minimum atomic E-state index is -0.293. The highest BCUT2D eigenvalue weighted by Crippen LogP contribution is 2.18. The van der Waals surface area contributed by atoms with Gasteiger partial charge >= 0.3 is 5.97 Å². The number of ether oxygens (including phenoxy) is 1. The summed E-state index contributed by atoms with van der Waals surface area (Å²) in [4.78, 5) is 11.1. The lowest BCUT2D eigenvalue weighted by atomic mass is 9.96. The van der Waals surface area contributed by atoms with Gasteiger partial charge in [-0.3, -0.25) is 0 Å². The third-order valence-corrected chi connectivity index (χ3v) is 2.90. The molecule has 1 unspecified atom stereocenters. The molecule has 0 saturated heterocycles. The molecule has 0 aliphatic carbocycles. The topological polar surface area (TPSA) is 26.3 Å². The van der Waals surface area contributed by atoms with Crippen LogP contribution in [0.5, 0.6) is 0 Å². The van der Waals surface area contributed by atoms with E-state index in [4.69, 9.17) is 0 Å². The first-order valence-corrected chi connectivity index (χ1v) is 6.92. The van der Waals surface area contributed by atoms with Crippen LogP contribution in [-0.4, -0.2) is 13.1 Å². The Morgan fingerprint density at radius 3 is 2.32 bits per heavy atom.